The minimum absolute atomic E-state index is 0.0716. The van der Waals surface area contributed by atoms with Gasteiger partial charge in [-0.3, -0.25) is 10.1 Å². The van der Waals surface area contributed by atoms with Crippen molar-refractivity contribution < 1.29 is 9.18 Å². The lowest BCUT2D eigenvalue weighted by Crippen LogP contribution is -2.40. The zero-order chi connectivity index (χ0) is 14.7. The van der Waals surface area contributed by atoms with Gasteiger partial charge in [0.1, 0.15) is 12.0 Å². The van der Waals surface area contributed by atoms with E-state index in [-0.39, 0.29) is 30.0 Å². The van der Waals surface area contributed by atoms with Crippen LogP contribution in [0.15, 0.2) is 24.3 Å². The van der Waals surface area contributed by atoms with E-state index in [1.165, 1.54) is 6.07 Å². The highest BCUT2D eigenvalue weighted by atomic mass is 32.2. The second kappa shape index (κ2) is 6.59. The van der Waals surface area contributed by atoms with Crippen LogP contribution in [0.2, 0.25) is 0 Å². The van der Waals surface area contributed by atoms with Gasteiger partial charge >= 0.3 is 0 Å². The number of nitrogens with zero attached hydrogens (tertiary/aromatic N) is 1. The minimum atomic E-state index is -0.365. The van der Waals surface area contributed by atoms with Gasteiger partial charge in [-0.05, 0) is 25.7 Å². The first-order chi connectivity index (χ1) is 9.60. The molecule has 0 bridgehead atoms. The number of amides is 1. The summed E-state index contributed by atoms with van der Waals surface area (Å²) in [5.74, 6) is 0.646. The number of hydrogen-bond acceptors (Lipinski definition) is 3. The summed E-state index contributed by atoms with van der Waals surface area (Å²) in [5.41, 5.74) is 0.546. The van der Waals surface area contributed by atoms with Crippen molar-refractivity contribution in [2.45, 2.75) is 38.5 Å². The van der Waals surface area contributed by atoms with Gasteiger partial charge in [-0.25, -0.2) is 4.39 Å². The molecule has 1 amide bonds. The average Bonchev–Trinajstić information content (AvgIpc) is 2.76. The van der Waals surface area contributed by atoms with Gasteiger partial charge in [0, 0.05) is 17.4 Å². The topological polar surface area (TPSA) is 32.3 Å². The number of hydrogen-bond donors (Lipinski definition) is 1. The summed E-state index contributed by atoms with van der Waals surface area (Å²) in [7, 11) is 0. The van der Waals surface area contributed by atoms with Crippen molar-refractivity contribution in [3.63, 3.8) is 0 Å². The fraction of sp³-hybridized carbons (Fsp3) is 0.533. The second-order valence-corrected chi connectivity index (χ2v) is 6.01. The molecule has 110 valence electrons. The molecule has 3 nitrogen and oxygen atoms in total. The van der Waals surface area contributed by atoms with E-state index in [1.54, 1.807) is 34.9 Å². The third-order valence-corrected chi connectivity index (χ3v) is 4.50. The summed E-state index contributed by atoms with van der Waals surface area (Å²) in [5, 5.41) is 3.26. The molecule has 1 heterocycles. The van der Waals surface area contributed by atoms with Gasteiger partial charge < -0.3 is 4.90 Å². The fourth-order valence-electron chi connectivity index (χ4n) is 2.67. The molecule has 0 spiro atoms. The molecule has 1 aromatic rings. The molecule has 0 radical (unpaired) electrons. The van der Waals surface area contributed by atoms with E-state index in [0.29, 0.717) is 12.0 Å². The molecule has 1 aliphatic rings. The highest BCUT2D eigenvalue weighted by molar-refractivity contribution is 7.98. The Morgan fingerprint density at radius 2 is 2.15 bits per heavy atom. The summed E-state index contributed by atoms with van der Waals surface area (Å²) >= 11 is 1.69. The molecule has 1 saturated heterocycles. The maximum atomic E-state index is 14.0. The molecule has 2 rings (SSSR count). The van der Waals surface area contributed by atoms with Crippen molar-refractivity contribution >= 4 is 17.7 Å². The summed E-state index contributed by atoms with van der Waals surface area (Å²) < 4.78 is 14.0. The lowest BCUT2D eigenvalue weighted by Gasteiger charge is -2.30. The van der Waals surface area contributed by atoms with Crippen LogP contribution in [-0.4, -0.2) is 34.9 Å². The predicted molar refractivity (Wildman–Crippen MR) is 81.0 cm³/mol. The number of rotatable bonds is 5. The molecule has 1 fully saturated rings. The molecule has 1 aromatic carbocycles. The lowest BCUT2D eigenvalue weighted by molar-refractivity contribution is -0.131. The Morgan fingerprint density at radius 3 is 2.75 bits per heavy atom. The van der Waals surface area contributed by atoms with E-state index in [4.69, 9.17) is 0 Å². The summed E-state index contributed by atoms with van der Waals surface area (Å²) in [6.45, 7) is 3.98. The Bertz CT molecular complexity index is 483. The number of benzene rings is 1. The summed E-state index contributed by atoms with van der Waals surface area (Å²) in [4.78, 5) is 14.3. The number of halogens is 1. The van der Waals surface area contributed by atoms with Gasteiger partial charge in [-0.15, -0.1) is 0 Å². The van der Waals surface area contributed by atoms with Crippen molar-refractivity contribution in [3.05, 3.63) is 35.6 Å². The van der Waals surface area contributed by atoms with E-state index in [9.17, 15) is 9.18 Å². The third kappa shape index (κ3) is 2.83. The quantitative estimate of drug-likeness (QED) is 0.907. The molecule has 0 aromatic heterocycles. The maximum Gasteiger partial charge on any atom is 0.241 e. The van der Waals surface area contributed by atoms with E-state index in [2.05, 4.69) is 5.32 Å². The van der Waals surface area contributed by atoms with E-state index in [0.717, 1.165) is 5.75 Å². The molecule has 5 heteroatoms. The number of thioether (sulfide) groups is 1. The smallest absolute Gasteiger partial charge is 0.241 e. The largest absolute Gasteiger partial charge is 0.318 e. The molecule has 0 aliphatic carbocycles. The van der Waals surface area contributed by atoms with Gasteiger partial charge in [0.25, 0.3) is 0 Å². The van der Waals surface area contributed by atoms with Crippen molar-refractivity contribution in [1.29, 1.82) is 0 Å². The number of carbonyl (C=O) groups excluding carboxylic acids is 1. The van der Waals surface area contributed by atoms with Crippen molar-refractivity contribution in [2.75, 3.05) is 12.0 Å². The Balaban J connectivity index is 2.34. The van der Waals surface area contributed by atoms with Gasteiger partial charge in [-0.1, -0.05) is 25.1 Å². The van der Waals surface area contributed by atoms with Crippen LogP contribution in [0.4, 0.5) is 4.39 Å². The van der Waals surface area contributed by atoms with Crippen LogP contribution in [0.1, 0.15) is 32.0 Å². The normalized spacial score (nSPS) is 24.2. The van der Waals surface area contributed by atoms with Crippen molar-refractivity contribution in [2.24, 2.45) is 0 Å². The van der Waals surface area contributed by atoms with Crippen LogP contribution in [0.5, 0.6) is 0 Å². The SMILES string of the molecule is CCC1NC(c2ccccc2F)N(C(C)CSC)C1=O. The Labute approximate surface area is 123 Å². The molecule has 1 aliphatic heterocycles. The Kier molecular flexibility index (Phi) is 5.05. The molecular weight excluding hydrogens is 275 g/mol. The van der Waals surface area contributed by atoms with Gasteiger partial charge in [0.05, 0.1) is 6.04 Å². The average molecular weight is 296 g/mol. The monoisotopic (exact) mass is 296 g/mol. The third-order valence-electron chi connectivity index (χ3n) is 3.68. The van der Waals surface area contributed by atoms with Crippen LogP contribution in [0.25, 0.3) is 0 Å². The first-order valence-electron chi connectivity index (χ1n) is 6.91. The van der Waals surface area contributed by atoms with Crippen molar-refractivity contribution in [1.82, 2.24) is 10.2 Å². The molecule has 3 unspecified atom stereocenters. The molecule has 3 atom stereocenters. The zero-order valence-electron chi connectivity index (χ0n) is 12.1. The summed E-state index contributed by atoms with van der Waals surface area (Å²) in [6.07, 6.45) is 2.36. The standard InChI is InChI=1S/C15H21FN2OS/c1-4-13-15(19)18(10(2)9-20-3)14(17-13)11-7-5-6-8-12(11)16/h5-8,10,13-14,17H,4,9H2,1-3H3. The first-order valence-corrected chi connectivity index (χ1v) is 8.31. The molecule has 20 heavy (non-hydrogen) atoms. The Hall–Kier alpha value is -1.07. The van der Waals surface area contributed by atoms with Gasteiger partial charge in [0.2, 0.25) is 5.91 Å². The minimum Gasteiger partial charge on any atom is -0.318 e. The Morgan fingerprint density at radius 1 is 1.45 bits per heavy atom. The van der Waals surface area contributed by atoms with Crippen LogP contribution < -0.4 is 5.32 Å². The number of nitrogens with one attached hydrogen (secondary N) is 1. The molecule has 1 N–H and O–H groups in total. The highest BCUT2D eigenvalue weighted by Crippen LogP contribution is 2.30. The van der Waals surface area contributed by atoms with E-state index >= 15 is 0 Å². The van der Waals surface area contributed by atoms with Crippen LogP contribution in [-0.2, 0) is 4.79 Å². The fourth-order valence-corrected chi connectivity index (χ4v) is 3.31. The predicted octanol–water partition coefficient (Wildman–Crippen LogP) is 2.79. The van der Waals surface area contributed by atoms with Crippen molar-refractivity contribution in [3.8, 4) is 0 Å². The summed E-state index contributed by atoms with van der Waals surface area (Å²) in [6, 6.07) is 6.52. The first kappa shape index (κ1) is 15.3. The number of carbonyl (C=O) groups is 1. The van der Waals surface area contributed by atoms with Gasteiger partial charge in [0.15, 0.2) is 0 Å². The van der Waals surface area contributed by atoms with Crippen LogP contribution in [0.3, 0.4) is 0 Å². The molecular formula is C15H21FN2OS. The second-order valence-electron chi connectivity index (χ2n) is 5.10. The maximum absolute atomic E-state index is 14.0. The van der Waals surface area contributed by atoms with E-state index in [1.807, 2.05) is 20.1 Å². The van der Waals surface area contributed by atoms with Gasteiger partial charge in [-0.2, -0.15) is 11.8 Å². The lowest BCUT2D eigenvalue weighted by atomic mass is 10.1. The van der Waals surface area contributed by atoms with Crippen LogP contribution in [0, 0.1) is 5.82 Å². The molecule has 0 saturated carbocycles. The zero-order valence-corrected chi connectivity index (χ0v) is 12.9. The highest BCUT2D eigenvalue weighted by Gasteiger charge is 2.41. The van der Waals surface area contributed by atoms with Crippen LogP contribution >= 0.6 is 11.8 Å². The van der Waals surface area contributed by atoms with E-state index < -0.39 is 0 Å².